The first-order chi connectivity index (χ1) is 11.4. The minimum atomic E-state index is -3.59. The van der Waals surface area contributed by atoms with E-state index in [2.05, 4.69) is 15.2 Å². The normalized spacial score (nSPS) is 17.0. The zero-order valence-electron chi connectivity index (χ0n) is 13.5. The maximum atomic E-state index is 12.3. The van der Waals surface area contributed by atoms with E-state index in [4.69, 9.17) is 0 Å². The molecule has 1 saturated heterocycles. The Balaban J connectivity index is 1.65. The number of piperazine rings is 1. The number of carbonyl (C=O) groups is 1. The molecule has 2 heterocycles. The Morgan fingerprint density at radius 3 is 2.67 bits per heavy atom. The van der Waals surface area contributed by atoms with Crippen LogP contribution in [0.5, 0.6) is 0 Å². The smallest absolute Gasteiger partial charge is 0.241 e. The Morgan fingerprint density at radius 2 is 1.92 bits per heavy atom. The molecule has 1 fully saturated rings. The molecule has 1 aromatic heterocycles. The third-order valence-electron chi connectivity index (χ3n) is 4.04. The number of para-hydroxylation sites is 1. The molecule has 8 heteroatoms. The number of nitrogens with one attached hydrogen (secondary N) is 1. The average molecular weight is 348 g/mol. The summed E-state index contributed by atoms with van der Waals surface area (Å²) >= 11 is 0. The lowest BCUT2D eigenvalue weighted by molar-refractivity contribution is -0.113. The van der Waals surface area contributed by atoms with E-state index in [9.17, 15) is 13.2 Å². The number of sulfonamides is 1. The second-order valence-electron chi connectivity index (χ2n) is 5.92. The highest BCUT2D eigenvalue weighted by atomic mass is 32.2. The molecule has 0 bridgehead atoms. The Morgan fingerprint density at radius 1 is 1.21 bits per heavy atom. The Kier molecular flexibility index (Phi) is 4.79. The van der Waals surface area contributed by atoms with Gasteiger partial charge in [-0.25, -0.2) is 8.42 Å². The summed E-state index contributed by atoms with van der Waals surface area (Å²) in [6, 6.07) is 9.31. The van der Waals surface area contributed by atoms with Gasteiger partial charge in [-0.15, -0.1) is 0 Å². The topological polar surface area (TPSA) is 82.6 Å². The van der Waals surface area contributed by atoms with Crippen LogP contribution in [0.25, 0.3) is 10.9 Å². The van der Waals surface area contributed by atoms with E-state index in [1.54, 1.807) is 6.07 Å². The summed E-state index contributed by atoms with van der Waals surface area (Å²) in [4.78, 5) is 18.4. The highest BCUT2D eigenvalue weighted by Gasteiger charge is 2.28. The van der Waals surface area contributed by atoms with E-state index in [1.165, 1.54) is 10.5 Å². The third kappa shape index (κ3) is 3.89. The molecule has 1 aliphatic rings. The fourth-order valence-corrected chi connectivity index (χ4v) is 3.97. The number of rotatable bonds is 4. The van der Waals surface area contributed by atoms with Gasteiger partial charge in [-0.3, -0.25) is 9.78 Å². The van der Waals surface area contributed by atoms with Crippen molar-refractivity contribution < 1.29 is 13.2 Å². The zero-order chi connectivity index (χ0) is 17.2. The van der Waals surface area contributed by atoms with Crippen LogP contribution in [-0.4, -0.2) is 67.5 Å². The second-order valence-corrected chi connectivity index (χ2v) is 7.89. The summed E-state index contributed by atoms with van der Waals surface area (Å²) < 4.78 is 26.1. The van der Waals surface area contributed by atoms with Gasteiger partial charge < -0.3 is 10.2 Å². The maximum absolute atomic E-state index is 12.3. The summed E-state index contributed by atoms with van der Waals surface area (Å²) in [5, 5.41) is 3.51. The van der Waals surface area contributed by atoms with Gasteiger partial charge in [0.2, 0.25) is 15.9 Å². The molecule has 128 valence electrons. The standard InChI is InChI=1S/C16H20N4O3S/c1-19-6-8-20(9-7-19)24(22,23)12-16(21)18-14-10-13-4-2-3-5-15(13)17-11-14/h2-5,10-11H,6-9,12H2,1H3,(H,18,21). The van der Waals surface area contributed by atoms with Crippen molar-refractivity contribution in [3.05, 3.63) is 36.5 Å². The summed E-state index contributed by atoms with van der Waals surface area (Å²) in [5.41, 5.74) is 1.31. The molecule has 0 spiro atoms. The van der Waals surface area contributed by atoms with Crippen LogP contribution in [0.3, 0.4) is 0 Å². The number of carbonyl (C=O) groups excluding carboxylic acids is 1. The van der Waals surface area contributed by atoms with Gasteiger partial charge in [-0.1, -0.05) is 18.2 Å². The lowest BCUT2D eigenvalue weighted by Crippen LogP contribution is -2.48. The molecule has 2 aromatic rings. The van der Waals surface area contributed by atoms with E-state index in [0.717, 1.165) is 10.9 Å². The Hall–Kier alpha value is -2.03. The average Bonchev–Trinajstić information content (AvgIpc) is 2.54. The highest BCUT2D eigenvalue weighted by molar-refractivity contribution is 7.89. The van der Waals surface area contributed by atoms with Crippen molar-refractivity contribution in [3.63, 3.8) is 0 Å². The predicted molar refractivity (Wildman–Crippen MR) is 93.2 cm³/mol. The molecule has 3 rings (SSSR count). The third-order valence-corrected chi connectivity index (χ3v) is 5.82. The minimum Gasteiger partial charge on any atom is -0.324 e. The molecule has 0 aliphatic carbocycles. The van der Waals surface area contributed by atoms with E-state index in [-0.39, 0.29) is 0 Å². The number of anilines is 1. The largest absolute Gasteiger partial charge is 0.324 e. The number of likely N-dealkylation sites (N-methyl/N-ethyl adjacent to an activating group) is 1. The molecule has 1 amide bonds. The Labute approximate surface area is 141 Å². The van der Waals surface area contributed by atoms with Crippen molar-refractivity contribution >= 4 is 32.5 Å². The van der Waals surface area contributed by atoms with Crippen molar-refractivity contribution in [3.8, 4) is 0 Å². The summed E-state index contributed by atoms with van der Waals surface area (Å²) in [6.45, 7) is 2.19. The van der Waals surface area contributed by atoms with Crippen LogP contribution in [0, 0.1) is 0 Å². The maximum Gasteiger partial charge on any atom is 0.241 e. The molecule has 7 nitrogen and oxygen atoms in total. The van der Waals surface area contributed by atoms with E-state index in [0.29, 0.717) is 31.9 Å². The Bertz CT molecular complexity index is 845. The van der Waals surface area contributed by atoms with Crippen LogP contribution in [0.1, 0.15) is 0 Å². The first kappa shape index (κ1) is 16.8. The van der Waals surface area contributed by atoms with Gasteiger partial charge >= 0.3 is 0 Å². The lowest BCUT2D eigenvalue weighted by atomic mass is 10.2. The minimum absolute atomic E-state index is 0.420. The van der Waals surface area contributed by atoms with Gasteiger partial charge in [0.15, 0.2) is 0 Å². The van der Waals surface area contributed by atoms with Crippen LogP contribution >= 0.6 is 0 Å². The van der Waals surface area contributed by atoms with Crippen LogP contribution in [-0.2, 0) is 14.8 Å². The zero-order valence-corrected chi connectivity index (χ0v) is 14.3. The fraction of sp³-hybridized carbons (Fsp3) is 0.375. The van der Waals surface area contributed by atoms with Crippen molar-refractivity contribution in [2.45, 2.75) is 0 Å². The number of pyridine rings is 1. The van der Waals surface area contributed by atoms with Crippen molar-refractivity contribution in [2.75, 3.05) is 44.3 Å². The molecule has 24 heavy (non-hydrogen) atoms. The van der Waals surface area contributed by atoms with E-state index in [1.807, 2.05) is 31.3 Å². The molecule has 1 aromatic carbocycles. The molecule has 0 atom stereocenters. The first-order valence-electron chi connectivity index (χ1n) is 7.75. The number of amides is 1. The molecular weight excluding hydrogens is 328 g/mol. The van der Waals surface area contributed by atoms with Gasteiger partial charge in [0, 0.05) is 31.6 Å². The molecule has 0 saturated carbocycles. The molecule has 1 aliphatic heterocycles. The van der Waals surface area contributed by atoms with Gasteiger partial charge in [0.25, 0.3) is 0 Å². The van der Waals surface area contributed by atoms with Crippen molar-refractivity contribution in [1.29, 1.82) is 0 Å². The number of fused-ring (bicyclic) bond motifs is 1. The number of hydrogen-bond acceptors (Lipinski definition) is 5. The molecule has 0 unspecified atom stereocenters. The van der Waals surface area contributed by atoms with Crippen LogP contribution in [0.4, 0.5) is 5.69 Å². The van der Waals surface area contributed by atoms with Crippen molar-refractivity contribution in [1.82, 2.24) is 14.2 Å². The number of nitrogens with zero attached hydrogens (tertiary/aromatic N) is 3. The van der Waals surface area contributed by atoms with Gasteiger partial charge in [0.1, 0.15) is 5.75 Å². The summed E-state index contributed by atoms with van der Waals surface area (Å²) in [5.74, 6) is -1.10. The number of aromatic nitrogens is 1. The van der Waals surface area contributed by atoms with Gasteiger partial charge in [-0.2, -0.15) is 4.31 Å². The lowest BCUT2D eigenvalue weighted by Gasteiger charge is -2.31. The van der Waals surface area contributed by atoms with E-state index >= 15 is 0 Å². The highest BCUT2D eigenvalue weighted by Crippen LogP contribution is 2.16. The summed E-state index contributed by atoms with van der Waals surface area (Å²) in [7, 11) is -1.65. The summed E-state index contributed by atoms with van der Waals surface area (Å²) in [6.07, 6.45) is 1.53. The van der Waals surface area contributed by atoms with Gasteiger partial charge in [0.05, 0.1) is 17.4 Å². The molecule has 0 radical (unpaired) electrons. The first-order valence-corrected chi connectivity index (χ1v) is 9.36. The van der Waals surface area contributed by atoms with Gasteiger partial charge in [-0.05, 0) is 19.2 Å². The van der Waals surface area contributed by atoms with E-state index < -0.39 is 21.7 Å². The number of hydrogen-bond donors (Lipinski definition) is 1. The second kappa shape index (κ2) is 6.84. The fourth-order valence-electron chi connectivity index (χ4n) is 2.66. The molecule has 1 N–H and O–H groups in total. The van der Waals surface area contributed by atoms with Crippen LogP contribution in [0.2, 0.25) is 0 Å². The monoisotopic (exact) mass is 348 g/mol. The van der Waals surface area contributed by atoms with Crippen LogP contribution in [0.15, 0.2) is 36.5 Å². The molecular formula is C16H20N4O3S. The quantitative estimate of drug-likeness (QED) is 0.882. The predicted octanol–water partition coefficient (Wildman–Crippen LogP) is 0.751. The SMILES string of the molecule is CN1CCN(S(=O)(=O)CC(=O)Nc2cnc3ccccc3c2)CC1. The number of benzene rings is 1. The van der Waals surface area contributed by atoms with Crippen molar-refractivity contribution in [2.24, 2.45) is 0 Å². The van der Waals surface area contributed by atoms with Crippen LogP contribution < -0.4 is 5.32 Å².